The Morgan fingerprint density at radius 2 is 1.58 bits per heavy atom. The summed E-state index contributed by atoms with van der Waals surface area (Å²) >= 11 is 1.15. The second kappa shape index (κ2) is 7.70. The van der Waals surface area contributed by atoms with Crippen LogP contribution in [0.5, 0.6) is 5.88 Å². The highest BCUT2D eigenvalue weighted by molar-refractivity contribution is 6.99. The van der Waals surface area contributed by atoms with E-state index in [9.17, 15) is 4.39 Å². The van der Waals surface area contributed by atoms with Crippen LogP contribution in [0.2, 0.25) is 0 Å². The summed E-state index contributed by atoms with van der Waals surface area (Å²) in [5, 5.41) is 0. The Morgan fingerprint density at radius 1 is 0.885 bits per heavy atom. The average Bonchev–Trinajstić information content (AvgIpc) is 3.17. The zero-order valence-electron chi connectivity index (χ0n) is 14.2. The van der Waals surface area contributed by atoms with E-state index in [1.807, 2.05) is 6.07 Å². The topological polar surface area (TPSA) is 41.5 Å². The number of nitrogens with zero attached hydrogens (tertiary/aromatic N) is 4. The summed E-state index contributed by atoms with van der Waals surface area (Å²) in [5.74, 6) is 1.10. The molecule has 2 aromatic carbocycles. The monoisotopic (exact) mass is 370 g/mol. The van der Waals surface area contributed by atoms with Gasteiger partial charge >= 0.3 is 0 Å². The molecule has 1 aliphatic heterocycles. The van der Waals surface area contributed by atoms with Crippen LogP contribution in [-0.4, -0.2) is 34.9 Å². The number of piperazine rings is 1. The van der Waals surface area contributed by atoms with E-state index in [1.165, 1.54) is 17.8 Å². The molecular weight excluding hydrogens is 351 g/mol. The highest BCUT2D eigenvalue weighted by atomic mass is 32.1. The van der Waals surface area contributed by atoms with Gasteiger partial charge in [-0.05, 0) is 29.8 Å². The Morgan fingerprint density at radius 3 is 2.31 bits per heavy atom. The summed E-state index contributed by atoms with van der Waals surface area (Å²) in [6, 6.07) is 16.7. The first-order valence-corrected chi connectivity index (χ1v) is 9.27. The van der Waals surface area contributed by atoms with Crippen LogP contribution in [0.1, 0.15) is 5.56 Å². The van der Waals surface area contributed by atoms with E-state index in [-0.39, 0.29) is 5.82 Å². The van der Waals surface area contributed by atoms with Gasteiger partial charge in [0.05, 0.1) is 11.7 Å². The Labute approximate surface area is 156 Å². The summed E-state index contributed by atoms with van der Waals surface area (Å²) in [6.07, 6.45) is 0. The van der Waals surface area contributed by atoms with Crippen LogP contribution in [0.3, 0.4) is 0 Å². The van der Waals surface area contributed by atoms with E-state index in [0.29, 0.717) is 12.5 Å². The molecule has 4 rings (SSSR count). The van der Waals surface area contributed by atoms with Crippen LogP contribution in [-0.2, 0) is 6.61 Å². The van der Waals surface area contributed by atoms with Gasteiger partial charge < -0.3 is 14.5 Å². The number of hydrogen-bond donors (Lipinski definition) is 0. The lowest BCUT2D eigenvalue weighted by molar-refractivity contribution is 0.296. The van der Waals surface area contributed by atoms with Crippen LogP contribution < -0.4 is 14.5 Å². The molecule has 1 saturated heterocycles. The number of para-hydroxylation sites is 1. The van der Waals surface area contributed by atoms with Gasteiger partial charge in [-0.2, -0.15) is 4.37 Å². The molecule has 26 heavy (non-hydrogen) atoms. The lowest BCUT2D eigenvalue weighted by atomic mass is 10.2. The number of rotatable bonds is 5. The van der Waals surface area contributed by atoms with Gasteiger partial charge in [-0.1, -0.05) is 30.3 Å². The van der Waals surface area contributed by atoms with Crippen molar-refractivity contribution in [3.05, 3.63) is 66.0 Å². The number of anilines is 2. The lowest BCUT2D eigenvalue weighted by Gasteiger charge is -2.36. The van der Waals surface area contributed by atoms with E-state index in [4.69, 9.17) is 4.74 Å². The van der Waals surface area contributed by atoms with Crippen molar-refractivity contribution >= 4 is 23.2 Å². The normalized spacial score (nSPS) is 14.5. The maximum atomic E-state index is 13.0. The summed E-state index contributed by atoms with van der Waals surface area (Å²) in [4.78, 5) is 4.58. The van der Waals surface area contributed by atoms with E-state index in [2.05, 4.69) is 42.8 Å². The smallest absolute Gasteiger partial charge is 0.271 e. The molecule has 1 fully saturated rings. The molecule has 0 radical (unpaired) electrons. The van der Waals surface area contributed by atoms with Gasteiger partial charge in [-0.15, -0.1) is 4.37 Å². The first kappa shape index (κ1) is 16.8. The first-order chi connectivity index (χ1) is 12.8. The number of halogens is 1. The van der Waals surface area contributed by atoms with Crippen LogP contribution in [0, 0.1) is 5.82 Å². The summed E-state index contributed by atoms with van der Waals surface area (Å²) < 4.78 is 27.5. The third-order valence-electron chi connectivity index (χ3n) is 4.43. The highest BCUT2D eigenvalue weighted by Gasteiger charge is 2.23. The minimum Gasteiger partial charge on any atom is -0.470 e. The molecule has 3 aromatic rings. The highest BCUT2D eigenvalue weighted by Crippen LogP contribution is 2.28. The fraction of sp³-hybridized carbons (Fsp3) is 0.263. The molecule has 1 aliphatic rings. The minimum atomic E-state index is -0.249. The van der Waals surface area contributed by atoms with Crippen molar-refractivity contribution in [3.8, 4) is 5.88 Å². The molecule has 1 aromatic heterocycles. The van der Waals surface area contributed by atoms with Gasteiger partial charge in [0.1, 0.15) is 12.4 Å². The molecular formula is C19H19FN4OS. The summed E-state index contributed by atoms with van der Waals surface area (Å²) in [6.45, 7) is 3.95. The molecule has 5 nitrogen and oxygen atoms in total. The zero-order valence-corrected chi connectivity index (χ0v) is 15.0. The van der Waals surface area contributed by atoms with Crippen molar-refractivity contribution in [1.29, 1.82) is 0 Å². The largest absolute Gasteiger partial charge is 0.470 e. The quantitative estimate of drug-likeness (QED) is 0.687. The predicted molar refractivity (Wildman–Crippen MR) is 102 cm³/mol. The number of benzene rings is 2. The lowest BCUT2D eigenvalue weighted by Crippen LogP contribution is -2.46. The Kier molecular flexibility index (Phi) is 4.97. The maximum absolute atomic E-state index is 13.0. The van der Waals surface area contributed by atoms with Gasteiger partial charge in [0.25, 0.3) is 5.88 Å². The van der Waals surface area contributed by atoms with Crippen molar-refractivity contribution in [2.45, 2.75) is 6.61 Å². The molecule has 0 bridgehead atoms. The van der Waals surface area contributed by atoms with E-state index in [1.54, 1.807) is 12.1 Å². The number of aromatic nitrogens is 2. The molecule has 0 N–H and O–H groups in total. The first-order valence-electron chi connectivity index (χ1n) is 8.54. The second-order valence-electron chi connectivity index (χ2n) is 6.12. The van der Waals surface area contributed by atoms with E-state index < -0.39 is 0 Å². The second-order valence-corrected chi connectivity index (χ2v) is 6.65. The van der Waals surface area contributed by atoms with Crippen LogP contribution >= 0.6 is 11.7 Å². The standard InChI is InChI=1S/C19H19FN4OS/c20-16-8-6-15(7-9-16)14-25-19-18(21-26-22-19)24-12-10-23(11-13-24)17-4-2-1-3-5-17/h1-9H,10-14H2. The van der Waals surface area contributed by atoms with Crippen LogP contribution in [0.15, 0.2) is 54.6 Å². The van der Waals surface area contributed by atoms with Crippen LogP contribution in [0.4, 0.5) is 15.9 Å². The van der Waals surface area contributed by atoms with E-state index >= 15 is 0 Å². The molecule has 0 aliphatic carbocycles. The Balaban J connectivity index is 1.37. The molecule has 134 valence electrons. The molecule has 0 unspecified atom stereocenters. The zero-order chi connectivity index (χ0) is 17.8. The maximum Gasteiger partial charge on any atom is 0.271 e. The fourth-order valence-corrected chi connectivity index (χ4v) is 3.53. The Bertz CT molecular complexity index is 832. The summed E-state index contributed by atoms with van der Waals surface area (Å²) in [7, 11) is 0. The number of ether oxygens (including phenoxy) is 1. The minimum absolute atomic E-state index is 0.249. The third-order valence-corrected chi connectivity index (χ3v) is 4.93. The van der Waals surface area contributed by atoms with Gasteiger partial charge in [-0.25, -0.2) is 4.39 Å². The third kappa shape index (κ3) is 3.77. The van der Waals surface area contributed by atoms with Crippen molar-refractivity contribution in [1.82, 2.24) is 8.75 Å². The fourth-order valence-electron chi connectivity index (χ4n) is 3.01. The van der Waals surface area contributed by atoms with Crippen molar-refractivity contribution in [2.75, 3.05) is 36.0 Å². The Hall–Kier alpha value is -2.67. The van der Waals surface area contributed by atoms with Gasteiger partial charge in [0.2, 0.25) is 5.82 Å². The summed E-state index contributed by atoms with van der Waals surface area (Å²) in [5.41, 5.74) is 2.15. The number of hydrogen-bond acceptors (Lipinski definition) is 6. The van der Waals surface area contributed by atoms with Crippen LogP contribution in [0.25, 0.3) is 0 Å². The predicted octanol–water partition coefficient (Wildman–Crippen LogP) is 3.58. The molecule has 7 heteroatoms. The molecule has 2 heterocycles. The van der Waals surface area contributed by atoms with Crippen molar-refractivity contribution in [3.63, 3.8) is 0 Å². The van der Waals surface area contributed by atoms with Crippen molar-refractivity contribution in [2.24, 2.45) is 0 Å². The SMILES string of the molecule is Fc1ccc(COc2nsnc2N2CCN(c3ccccc3)CC2)cc1. The molecule has 0 atom stereocenters. The van der Waals surface area contributed by atoms with E-state index in [0.717, 1.165) is 49.3 Å². The van der Waals surface area contributed by atoms with Crippen molar-refractivity contribution < 1.29 is 9.13 Å². The van der Waals surface area contributed by atoms with Gasteiger partial charge in [0.15, 0.2) is 0 Å². The molecule has 0 amide bonds. The average molecular weight is 370 g/mol. The molecule has 0 saturated carbocycles. The van der Waals surface area contributed by atoms with Gasteiger partial charge in [0, 0.05) is 31.9 Å². The van der Waals surface area contributed by atoms with Gasteiger partial charge in [-0.3, -0.25) is 0 Å². The molecule has 0 spiro atoms.